The lowest BCUT2D eigenvalue weighted by Gasteiger charge is -2.41. The minimum Gasteiger partial charge on any atom is -0.479 e. The van der Waals surface area contributed by atoms with Gasteiger partial charge in [0.2, 0.25) is 11.5 Å². The molecule has 11 N–H and O–H groups in total. The molecule has 2 saturated heterocycles. The molecule has 6 atom stereocenters. The van der Waals surface area contributed by atoms with Crippen molar-refractivity contribution < 1.29 is 55.3 Å². The zero-order chi connectivity index (χ0) is 23.8. The molecule has 1 amide bonds. The highest BCUT2D eigenvalue weighted by atomic mass is 16.5. The maximum atomic E-state index is 12.6. The van der Waals surface area contributed by atoms with Crippen LogP contribution in [0.25, 0.3) is 0 Å². The Kier molecular flexibility index (Phi) is 11.2. The van der Waals surface area contributed by atoms with Gasteiger partial charge in [-0.25, -0.2) is 4.79 Å². The normalized spacial score (nSPS) is 25.7. The minimum atomic E-state index is -2.89. The Balaban J connectivity index is 0.00000110. The molecule has 14 nitrogen and oxygen atoms in total. The van der Waals surface area contributed by atoms with Crippen LogP contribution in [0, 0.1) is 0 Å². The van der Waals surface area contributed by atoms with E-state index in [1.807, 2.05) is 0 Å². The van der Waals surface area contributed by atoms with E-state index < -0.39 is 55.8 Å². The topological polar surface area (TPSA) is 244 Å². The number of aliphatic hydroxyl groups is 5. The van der Waals surface area contributed by atoms with Crippen LogP contribution in [0.2, 0.25) is 0 Å². The summed E-state index contributed by atoms with van der Waals surface area (Å²) >= 11 is 0. The highest BCUT2D eigenvalue weighted by Crippen LogP contribution is 2.32. The molecule has 15 heteroatoms. The second-order valence-electron chi connectivity index (χ2n) is 7.48. The van der Waals surface area contributed by atoms with Gasteiger partial charge >= 0.3 is 13.3 Å². The maximum Gasteiger partial charge on any atom is 0.631 e. The van der Waals surface area contributed by atoms with Crippen LogP contribution >= 0.6 is 0 Å². The lowest BCUT2D eigenvalue weighted by molar-refractivity contribution is -0.204. The lowest BCUT2D eigenvalue weighted by atomic mass is 9.82. The van der Waals surface area contributed by atoms with Gasteiger partial charge in [-0.3, -0.25) is 4.79 Å². The second-order valence-corrected chi connectivity index (χ2v) is 7.48. The first-order valence-corrected chi connectivity index (χ1v) is 9.85. The molecular weight excluding hydrogens is 421 g/mol. The van der Waals surface area contributed by atoms with E-state index in [0.717, 1.165) is 19.5 Å². The van der Waals surface area contributed by atoms with Crippen molar-refractivity contribution >= 4 is 19.2 Å². The Morgan fingerprint density at radius 3 is 2.29 bits per heavy atom. The lowest BCUT2D eigenvalue weighted by Crippen LogP contribution is -2.67. The van der Waals surface area contributed by atoms with Gasteiger partial charge in [0.1, 0.15) is 18.3 Å². The van der Waals surface area contributed by atoms with E-state index in [1.54, 1.807) is 0 Å². The molecule has 4 unspecified atom stereocenters. The van der Waals surface area contributed by atoms with Gasteiger partial charge in [-0.15, -0.1) is 0 Å². The number of hydrogen-bond donors (Lipinski definition) is 11. The van der Waals surface area contributed by atoms with Crippen LogP contribution in [0.1, 0.15) is 19.3 Å². The molecule has 31 heavy (non-hydrogen) atoms. The maximum absolute atomic E-state index is 12.6. The molecule has 0 aromatic rings. The van der Waals surface area contributed by atoms with Gasteiger partial charge in [0.05, 0.1) is 19.2 Å². The molecule has 0 aliphatic carbocycles. The molecule has 0 aromatic heterocycles. The summed E-state index contributed by atoms with van der Waals surface area (Å²) in [4.78, 5) is 25.5. The van der Waals surface area contributed by atoms with Crippen molar-refractivity contribution in [2.75, 3.05) is 32.8 Å². The number of carbonyl (C=O) groups excluding carboxylic acids is 1. The van der Waals surface area contributed by atoms with E-state index in [-0.39, 0.29) is 25.6 Å². The van der Waals surface area contributed by atoms with Crippen molar-refractivity contribution in [3.63, 3.8) is 0 Å². The van der Waals surface area contributed by atoms with Crippen LogP contribution in [0.15, 0.2) is 0 Å². The molecule has 0 aromatic carbocycles. The monoisotopic (exact) mass is 453 g/mol. The number of nitrogens with zero attached hydrogens (tertiary/aromatic N) is 1. The number of carbonyl (C=O) groups is 2. The molecule has 180 valence electrons. The van der Waals surface area contributed by atoms with Crippen molar-refractivity contribution in [2.45, 2.75) is 55.3 Å². The first kappa shape index (κ1) is 27.6. The van der Waals surface area contributed by atoms with Crippen molar-refractivity contribution in [3.05, 3.63) is 0 Å². The van der Waals surface area contributed by atoms with Crippen LogP contribution in [-0.2, 0) is 9.59 Å². The Morgan fingerprint density at radius 2 is 1.81 bits per heavy atom. The number of aliphatic carboxylic acids is 1. The smallest absolute Gasteiger partial charge is 0.479 e. The van der Waals surface area contributed by atoms with Gasteiger partial charge in [0.15, 0.2) is 0 Å². The molecule has 2 aliphatic rings. The largest absolute Gasteiger partial charge is 0.631 e. The summed E-state index contributed by atoms with van der Waals surface area (Å²) in [5.41, 5.74) is -2.89. The van der Waals surface area contributed by atoms with Gasteiger partial charge in [-0.1, -0.05) is 0 Å². The highest BCUT2D eigenvalue weighted by Gasteiger charge is 2.57. The number of aliphatic hydroxyl groups excluding tert-OH is 4. The third kappa shape index (κ3) is 7.32. The third-order valence-corrected chi connectivity index (χ3v) is 5.38. The number of amides is 1. The summed E-state index contributed by atoms with van der Waals surface area (Å²) in [5, 5.41) is 86.6. The van der Waals surface area contributed by atoms with Crippen molar-refractivity contribution in [3.8, 4) is 0 Å². The minimum absolute atomic E-state index is 0.0452. The molecule has 0 bridgehead atoms. The van der Waals surface area contributed by atoms with E-state index in [1.165, 1.54) is 4.90 Å². The van der Waals surface area contributed by atoms with Crippen LogP contribution in [0.5, 0.6) is 0 Å². The molecule has 2 heterocycles. The van der Waals surface area contributed by atoms with Gasteiger partial charge < -0.3 is 61.2 Å². The molecule has 0 spiro atoms. The SMILES string of the molecule is O=C(CN[C@@H]1CCNC1)N1CCC[C@@H]1C(O)(C(=O)O)C(O)C(O)C(O)CO.OB(O)O. The zero-order valence-electron chi connectivity index (χ0n) is 16.9. The standard InChI is InChI=1S/C16H29N3O8.BH3O3/c20-8-10(21)13(23)14(24)16(27,15(25)26)11-2-1-5-19(11)12(22)7-18-9-3-4-17-6-9;2-1(3)4/h9-11,13-14,17-18,20-21,23-24,27H,1-8H2,(H,25,26);2-4H/t9-,10?,11-,13?,14?,16?;/m1./s1. The predicted octanol–water partition coefficient (Wildman–Crippen LogP) is -6.23. The van der Waals surface area contributed by atoms with Crippen molar-refractivity contribution in [1.29, 1.82) is 0 Å². The highest BCUT2D eigenvalue weighted by molar-refractivity contribution is 6.30. The molecule has 2 aliphatic heterocycles. The number of carboxylic acid groups (broad SMARTS) is 1. The number of nitrogens with one attached hydrogen (secondary N) is 2. The first-order chi connectivity index (χ1) is 14.5. The van der Waals surface area contributed by atoms with Gasteiger partial charge in [-0.05, 0) is 25.8 Å². The molecular formula is C16H32BN3O11. The zero-order valence-corrected chi connectivity index (χ0v) is 16.9. The van der Waals surface area contributed by atoms with E-state index in [9.17, 15) is 35.1 Å². The van der Waals surface area contributed by atoms with Gasteiger partial charge in [0, 0.05) is 19.1 Å². The van der Waals surface area contributed by atoms with E-state index >= 15 is 0 Å². The number of carboxylic acids is 1. The summed E-state index contributed by atoms with van der Waals surface area (Å²) in [7, 11) is -2.17. The Labute approximate surface area is 178 Å². The van der Waals surface area contributed by atoms with Gasteiger partial charge in [-0.2, -0.15) is 0 Å². The first-order valence-electron chi connectivity index (χ1n) is 9.85. The van der Waals surface area contributed by atoms with E-state index in [0.29, 0.717) is 6.42 Å². The fourth-order valence-electron chi connectivity index (χ4n) is 3.73. The second kappa shape index (κ2) is 12.6. The summed E-state index contributed by atoms with van der Waals surface area (Å²) in [6, 6.07) is -1.15. The van der Waals surface area contributed by atoms with Crippen molar-refractivity contribution in [1.82, 2.24) is 15.5 Å². The van der Waals surface area contributed by atoms with E-state index in [4.69, 9.17) is 20.2 Å². The van der Waals surface area contributed by atoms with Crippen molar-refractivity contribution in [2.24, 2.45) is 0 Å². The average Bonchev–Trinajstić information content (AvgIpc) is 3.41. The summed E-state index contributed by atoms with van der Waals surface area (Å²) in [6.07, 6.45) is -4.85. The Bertz CT molecular complexity index is 578. The fraction of sp³-hybridized carbons (Fsp3) is 0.875. The predicted molar refractivity (Wildman–Crippen MR) is 104 cm³/mol. The molecule has 0 saturated carbocycles. The Morgan fingerprint density at radius 1 is 1.19 bits per heavy atom. The average molecular weight is 453 g/mol. The molecule has 2 rings (SSSR count). The number of rotatable bonds is 9. The van der Waals surface area contributed by atoms with Crippen LogP contribution in [0.4, 0.5) is 0 Å². The molecule has 0 radical (unpaired) electrons. The summed E-state index contributed by atoms with van der Waals surface area (Å²) in [5.74, 6) is -2.25. The van der Waals surface area contributed by atoms with Crippen LogP contribution in [-0.4, -0.2) is 139 Å². The van der Waals surface area contributed by atoms with Crippen LogP contribution < -0.4 is 10.6 Å². The third-order valence-electron chi connectivity index (χ3n) is 5.38. The number of likely N-dealkylation sites (tertiary alicyclic amines) is 1. The van der Waals surface area contributed by atoms with Crippen LogP contribution in [0.3, 0.4) is 0 Å². The van der Waals surface area contributed by atoms with Gasteiger partial charge in [0.25, 0.3) is 0 Å². The quantitative estimate of drug-likeness (QED) is 0.146. The summed E-state index contributed by atoms with van der Waals surface area (Å²) < 4.78 is 0. The number of hydrogen-bond acceptors (Lipinski definition) is 12. The Hall–Kier alpha value is -1.40. The summed E-state index contributed by atoms with van der Waals surface area (Å²) in [6.45, 7) is 0.792. The molecule has 2 fully saturated rings. The fourth-order valence-corrected chi connectivity index (χ4v) is 3.73. The van der Waals surface area contributed by atoms with E-state index in [2.05, 4.69) is 10.6 Å².